The van der Waals surface area contributed by atoms with Crippen LogP contribution in [0.2, 0.25) is 0 Å². The summed E-state index contributed by atoms with van der Waals surface area (Å²) in [6.07, 6.45) is 4.27. The van der Waals surface area contributed by atoms with Gasteiger partial charge in [0.1, 0.15) is 16.5 Å². The molecule has 4 heterocycles. The Balaban J connectivity index is 1.27. The number of fused-ring (bicyclic) bond motifs is 1. The van der Waals surface area contributed by atoms with E-state index in [-0.39, 0.29) is 11.7 Å². The predicted molar refractivity (Wildman–Crippen MR) is 125 cm³/mol. The van der Waals surface area contributed by atoms with Gasteiger partial charge in [0.2, 0.25) is 0 Å². The van der Waals surface area contributed by atoms with E-state index < -0.39 is 0 Å². The minimum Gasteiger partial charge on any atom is -0.357 e. The van der Waals surface area contributed by atoms with Gasteiger partial charge in [0.25, 0.3) is 5.91 Å². The average molecular weight is 450 g/mol. The minimum absolute atomic E-state index is 0.109. The summed E-state index contributed by atoms with van der Waals surface area (Å²) >= 11 is 1.42. The van der Waals surface area contributed by atoms with Crippen molar-refractivity contribution in [3.05, 3.63) is 76.2 Å². The highest BCUT2D eigenvalue weighted by molar-refractivity contribution is 7.20. The lowest BCUT2D eigenvalue weighted by molar-refractivity contribution is 0.0955. The first-order valence-corrected chi connectivity index (χ1v) is 11.6. The van der Waals surface area contributed by atoms with Gasteiger partial charge < -0.3 is 10.2 Å². The first-order chi connectivity index (χ1) is 15.6. The molecule has 164 valence electrons. The molecular weight excluding hydrogens is 425 g/mol. The smallest absolute Gasteiger partial charge is 0.261 e. The van der Waals surface area contributed by atoms with E-state index in [1.807, 2.05) is 36.0 Å². The number of halogens is 1. The summed E-state index contributed by atoms with van der Waals surface area (Å²) in [5.74, 6) is 0.636. The molecule has 0 aliphatic carbocycles. The quantitative estimate of drug-likeness (QED) is 0.470. The fourth-order valence-electron chi connectivity index (χ4n) is 4.02. The molecule has 4 aromatic rings. The number of thiophene rings is 1. The zero-order chi connectivity index (χ0) is 22.1. The molecule has 1 fully saturated rings. The number of hydrogen-bond acceptors (Lipinski definition) is 5. The Morgan fingerprint density at radius 1 is 1.12 bits per heavy atom. The molecule has 1 amide bonds. The van der Waals surface area contributed by atoms with Gasteiger partial charge in [0.15, 0.2) is 0 Å². The van der Waals surface area contributed by atoms with Crippen molar-refractivity contribution < 1.29 is 9.18 Å². The average Bonchev–Trinajstić information content (AvgIpc) is 3.54. The lowest BCUT2D eigenvalue weighted by Crippen LogP contribution is -2.22. The van der Waals surface area contributed by atoms with E-state index in [4.69, 9.17) is 0 Å². The highest BCUT2D eigenvalue weighted by Crippen LogP contribution is 2.29. The number of benzene rings is 1. The molecule has 5 rings (SSSR count). The molecule has 0 bridgehead atoms. The van der Waals surface area contributed by atoms with Gasteiger partial charge in [-0.1, -0.05) is 18.2 Å². The Labute approximate surface area is 189 Å². The summed E-state index contributed by atoms with van der Waals surface area (Å²) in [5, 5.41) is 8.56. The van der Waals surface area contributed by atoms with Crippen LogP contribution in [-0.2, 0) is 13.1 Å². The van der Waals surface area contributed by atoms with Crippen LogP contribution in [0.15, 0.2) is 48.7 Å². The molecule has 0 saturated carbocycles. The van der Waals surface area contributed by atoms with E-state index in [1.54, 1.807) is 12.1 Å². The van der Waals surface area contributed by atoms with E-state index in [9.17, 15) is 9.18 Å². The lowest BCUT2D eigenvalue weighted by Gasteiger charge is -2.16. The Hall–Kier alpha value is -3.26. The molecule has 1 aromatic carbocycles. The molecule has 8 heteroatoms. The molecule has 6 nitrogen and oxygen atoms in total. The number of aromatic nitrogens is 3. The second-order valence-corrected chi connectivity index (χ2v) is 9.13. The SMILES string of the molecule is Cc1nn(Cc2ccc(F)cc2)c2sc(C(=O)NCc3ccc(N4CCCC4)nc3)cc12. The van der Waals surface area contributed by atoms with Crippen molar-refractivity contribution in [1.29, 1.82) is 0 Å². The number of amides is 1. The Kier molecular flexibility index (Phi) is 5.61. The fraction of sp³-hybridized carbons (Fsp3) is 0.292. The highest BCUT2D eigenvalue weighted by atomic mass is 32.1. The van der Waals surface area contributed by atoms with E-state index in [0.717, 1.165) is 45.9 Å². The summed E-state index contributed by atoms with van der Waals surface area (Å²) in [6, 6.07) is 12.3. The summed E-state index contributed by atoms with van der Waals surface area (Å²) in [4.78, 5) is 21.2. The van der Waals surface area contributed by atoms with Gasteiger partial charge in [-0.25, -0.2) is 9.37 Å². The molecule has 3 aromatic heterocycles. The molecule has 0 atom stereocenters. The van der Waals surface area contributed by atoms with Crippen molar-refractivity contribution in [1.82, 2.24) is 20.1 Å². The third-order valence-electron chi connectivity index (χ3n) is 5.77. The molecule has 0 unspecified atom stereocenters. The zero-order valence-corrected chi connectivity index (χ0v) is 18.7. The molecule has 0 radical (unpaired) electrons. The molecule has 1 N–H and O–H groups in total. The molecule has 1 aliphatic heterocycles. The maximum absolute atomic E-state index is 13.2. The van der Waals surface area contributed by atoms with Crippen molar-refractivity contribution in [2.75, 3.05) is 18.0 Å². The van der Waals surface area contributed by atoms with Gasteiger partial charge in [-0.15, -0.1) is 11.3 Å². The van der Waals surface area contributed by atoms with Crippen molar-refractivity contribution in [2.45, 2.75) is 32.9 Å². The summed E-state index contributed by atoms with van der Waals surface area (Å²) in [7, 11) is 0. The van der Waals surface area contributed by atoms with E-state index in [1.165, 1.54) is 36.3 Å². The maximum atomic E-state index is 13.2. The van der Waals surface area contributed by atoms with E-state index in [2.05, 4.69) is 20.3 Å². The van der Waals surface area contributed by atoms with Crippen molar-refractivity contribution >= 4 is 33.3 Å². The third kappa shape index (κ3) is 4.23. The van der Waals surface area contributed by atoms with Crippen molar-refractivity contribution in [3.8, 4) is 0 Å². The topological polar surface area (TPSA) is 63.1 Å². The molecular formula is C24H24FN5OS. The Morgan fingerprint density at radius 3 is 2.59 bits per heavy atom. The second-order valence-electron chi connectivity index (χ2n) is 8.10. The number of carbonyl (C=O) groups excluding carboxylic acids is 1. The summed E-state index contributed by atoms with van der Waals surface area (Å²) in [6.45, 7) is 5.02. The summed E-state index contributed by atoms with van der Waals surface area (Å²) in [5.41, 5.74) is 2.81. The number of rotatable bonds is 6. The number of anilines is 1. The van der Waals surface area contributed by atoms with Crippen molar-refractivity contribution in [3.63, 3.8) is 0 Å². The molecule has 1 aliphatic rings. The lowest BCUT2D eigenvalue weighted by atomic mass is 10.2. The number of carbonyl (C=O) groups is 1. The molecule has 0 spiro atoms. The van der Waals surface area contributed by atoms with Crippen molar-refractivity contribution in [2.24, 2.45) is 0 Å². The normalized spacial score (nSPS) is 13.8. The van der Waals surface area contributed by atoms with Crippen LogP contribution >= 0.6 is 11.3 Å². The standard InChI is InChI=1S/C24H24FN5OS/c1-16-20-12-21(32-24(20)30(28-16)15-17-4-7-19(25)8-5-17)23(31)27-14-18-6-9-22(26-13-18)29-10-2-3-11-29/h4-9,12-13H,2-3,10-11,14-15H2,1H3,(H,27,31). The Morgan fingerprint density at radius 2 is 1.88 bits per heavy atom. The van der Waals surface area contributed by atoms with Crippen LogP contribution in [0.3, 0.4) is 0 Å². The summed E-state index contributed by atoms with van der Waals surface area (Å²) < 4.78 is 15.1. The predicted octanol–water partition coefficient (Wildman–Crippen LogP) is 4.52. The van der Waals surface area contributed by atoms with Crippen LogP contribution in [0.4, 0.5) is 10.2 Å². The van der Waals surface area contributed by atoms with Gasteiger partial charge in [0, 0.05) is 31.2 Å². The van der Waals surface area contributed by atoms with Crippen LogP contribution in [0.25, 0.3) is 10.2 Å². The number of hydrogen-bond donors (Lipinski definition) is 1. The van der Waals surface area contributed by atoms with E-state index >= 15 is 0 Å². The second kappa shape index (κ2) is 8.70. The number of nitrogens with zero attached hydrogens (tertiary/aromatic N) is 4. The number of aryl methyl sites for hydroxylation is 1. The minimum atomic E-state index is -0.258. The van der Waals surface area contributed by atoms with Gasteiger partial charge >= 0.3 is 0 Å². The van der Waals surface area contributed by atoms with Crippen LogP contribution < -0.4 is 10.2 Å². The first-order valence-electron chi connectivity index (χ1n) is 10.8. The van der Waals surface area contributed by atoms with E-state index in [0.29, 0.717) is 18.0 Å². The maximum Gasteiger partial charge on any atom is 0.261 e. The number of nitrogens with one attached hydrogen (secondary N) is 1. The largest absolute Gasteiger partial charge is 0.357 e. The van der Waals surface area contributed by atoms with Gasteiger partial charge in [-0.2, -0.15) is 5.10 Å². The third-order valence-corrected chi connectivity index (χ3v) is 6.92. The Bertz CT molecular complexity index is 1240. The molecule has 1 saturated heterocycles. The van der Waals surface area contributed by atoms with Crippen LogP contribution in [0.1, 0.15) is 39.3 Å². The monoisotopic (exact) mass is 449 g/mol. The number of pyridine rings is 1. The molecule has 32 heavy (non-hydrogen) atoms. The first kappa shape index (κ1) is 20.6. The van der Waals surface area contributed by atoms with Crippen LogP contribution in [-0.4, -0.2) is 33.8 Å². The zero-order valence-electron chi connectivity index (χ0n) is 17.8. The van der Waals surface area contributed by atoms with Crippen LogP contribution in [0, 0.1) is 12.7 Å². The van der Waals surface area contributed by atoms with Gasteiger partial charge in [-0.3, -0.25) is 9.48 Å². The fourth-order valence-corrected chi connectivity index (χ4v) is 5.10. The van der Waals surface area contributed by atoms with Gasteiger partial charge in [0.05, 0.1) is 17.1 Å². The van der Waals surface area contributed by atoms with Crippen LogP contribution in [0.5, 0.6) is 0 Å². The van der Waals surface area contributed by atoms with Gasteiger partial charge in [-0.05, 0) is 55.2 Å². The highest BCUT2D eigenvalue weighted by Gasteiger charge is 2.17.